The lowest BCUT2D eigenvalue weighted by Gasteiger charge is -2.39. The molecule has 0 N–H and O–H groups in total. The molecule has 1 fully saturated rings. The van der Waals surface area contributed by atoms with Gasteiger partial charge in [-0.05, 0) is 68.0 Å². The van der Waals surface area contributed by atoms with Gasteiger partial charge in [0.15, 0.2) is 0 Å². The van der Waals surface area contributed by atoms with E-state index in [0.29, 0.717) is 0 Å². The van der Waals surface area contributed by atoms with Crippen LogP contribution in [0.15, 0.2) is 121 Å². The Kier molecular flexibility index (Phi) is 5.43. The summed E-state index contributed by atoms with van der Waals surface area (Å²) in [7, 11) is -0.418. The van der Waals surface area contributed by atoms with Crippen LogP contribution in [0.1, 0.15) is 49.9 Å². The van der Waals surface area contributed by atoms with Gasteiger partial charge >= 0.3 is 7.12 Å². The number of para-hydroxylation sites is 3. The minimum Gasteiger partial charge on any atom is -0.457 e. The third kappa shape index (κ3) is 3.54. The maximum atomic E-state index is 6.57. The SMILES string of the molecule is CC1(C)OB(c2ccc(-c3nc4ccccc4c4c3-c3ccccc3C43c4ccccc4Oc4ccccc43)cc2)OC1(C)C. The number of hydrogen-bond acceptors (Lipinski definition) is 4. The first kappa shape index (κ1) is 26.7. The molecule has 0 saturated carbocycles. The maximum absolute atomic E-state index is 6.57. The third-order valence-corrected chi connectivity index (χ3v) is 10.4. The van der Waals surface area contributed by atoms with E-state index in [-0.39, 0.29) is 0 Å². The molecule has 3 heterocycles. The fourth-order valence-corrected chi connectivity index (χ4v) is 7.57. The Balaban J connectivity index is 1.34. The Hall–Kier alpha value is -4.71. The second-order valence-electron chi connectivity index (χ2n) is 13.3. The van der Waals surface area contributed by atoms with Crippen molar-refractivity contribution in [3.8, 4) is 33.9 Å². The van der Waals surface area contributed by atoms with Crippen LogP contribution in [0.5, 0.6) is 11.5 Å². The topological polar surface area (TPSA) is 40.6 Å². The molecular formula is C40H32BNO3. The summed E-state index contributed by atoms with van der Waals surface area (Å²) in [4.78, 5) is 5.39. The van der Waals surface area contributed by atoms with Gasteiger partial charge in [0, 0.05) is 27.6 Å². The summed E-state index contributed by atoms with van der Waals surface area (Å²) in [5, 5.41) is 1.15. The van der Waals surface area contributed by atoms with Crippen LogP contribution in [0, 0.1) is 0 Å². The van der Waals surface area contributed by atoms with Gasteiger partial charge in [-0.25, -0.2) is 4.98 Å². The highest BCUT2D eigenvalue weighted by atomic mass is 16.7. The molecule has 45 heavy (non-hydrogen) atoms. The van der Waals surface area contributed by atoms with Crippen molar-refractivity contribution in [3.05, 3.63) is 144 Å². The van der Waals surface area contributed by atoms with Crippen LogP contribution in [-0.4, -0.2) is 23.3 Å². The molecule has 218 valence electrons. The molecule has 1 aromatic heterocycles. The zero-order chi connectivity index (χ0) is 30.6. The Morgan fingerprint density at radius 2 is 1.13 bits per heavy atom. The monoisotopic (exact) mass is 585 g/mol. The highest BCUT2D eigenvalue weighted by molar-refractivity contribution is 6.62. The minimum absolute atomic E-state index is 0.397. The molecule has 5 heteroatoms. The van der Waals surface area contributed by atoms with Crippen LogP contribution >= 0.6 is 0 Å². The summed E-state index contributed by atoms with van der Waals surface area (Å²) in [6.45, 7) is 8.35. The van der Waals surface area contributed by atoms with Crippen LogP contribution in [0.3, 0.4) is 0 Å². The van der Waals surface area contributed by atoms with Crippen molar-refractivity contribution in [3.63, 3.8) is 0 Å². The van der Waals surface area contributed by atoms with Gasteiger partial charge in [0.05, 0.1) is 27.8 Å². The van der Waals surface area contributed by atoms with Gasteiger partial charge in [-0.1, -0.05) is 103 Å². The van der Waals surface area contributed by atoms with Crippen molar-refractivity contribution in [2.24, 2.45) is 0 Å². The Morgan fingerprint density at radius 3 is 1.80 bits per heavy atom. The van der Waals surface area contributed by atoms with E-state index in [0.717, 1.165) is 50.2 Å². The van der Waals surface area contributed by atoms with Crippen LogP contribution in [0.2, 0.25) is 0 Å². The van der Waals surface area contributed by atoms with E-state index in [2.05, 4.69) is 149 Å². The van der Waals surface area contributed by atoms with Crippen LogP contribution in [0.4, 0.5) is 0 Å². The van der Waals surface area contributed by atoms with Gasteiger partial charge in [-0.2, -0.15) is 0 Å². The van der Waals surface area contributed by atoms with Gasteiger partial charge in [0.25, 0.3) is 0 Å². The second kappa shape index (κ2) is 9.16. The average Bonchev–Trinajstić information content (AvgIpc) is 3.48. The smallest absolute Gasteiger partial charge is 0.457 e. The normalized spacial score (nSPS) is 17.8. The zero-order valence-corrected chi connectivity index (χ0v) is 25.8. The van der Waals surface area contributed by atoms with Crippen molar-refractivity contribution >= 4 is 23.5 Å². The molecule has 2 aliphatic heterocycles. The predicted molar refractivity (Wildman–Crippen MR) is 180 cm³/mol. The fraction of sp³-hybridized carbons (Fsp3) is 0.175. The van der Waals surface area contributed by atoms with Gasteiger partial charge in [-0.3, -0.25) is 0 Å². The van der Waals surface area contributed by atoms with E-state index in [4.69, 9.17) is 19.0 Å². The minimum atomic E-state index is -0.572. The molecule has 5 aromatic carbocycles. The second-order valence-corrected chi connectivity index (χ2v) is 13.3. The first-order valence-corrected chi connectivity index (χ1v) is 15.7. The molecule has 0 amide bonds. The number of rotatable bonds is 2. The van der Waals surface area contributed by atoms with E-state index in [9.17, 15) is 0 Å². The Labute approximate surface area is 263 Å². The van der Waals surface area contributed by atoms with Crippen molar-refractivity contribution in [2.45, 2.75) is 44.3 Å². The standard InChI is InChI=1S/C40H32BNO3/c1-38(2)39(3,4)45-41(44-38)26-23-21-25(22-24-26)37-35-27-13-5-7-15-29(27)40(36(35)28-14-6-10-18-32(28)42-37)30-16-8-11-19-33(30)43-34-20-12-9-17-31(34)40/h5-24H,1-4H3. The maximum Gasteiger partial charge on any atom is 0.494 e. The van der Waals surface area contributed by atoms with E-state index in [1.807, 2.05) is 0 Å². The molecule has 0 unspecified atom stereocenters. The first-order valence-electron chi connectivity index (χ1n) is 15.7. The van der Waals surface area contributed by atoms with Gasteiger partial charge in [0.2, 0.25) is 0 Å². The summed E-state index contributed by atoms with van der Waals surface area (Å²) in [6, 6.07) is 42.9. The van der Waals surface area contributed by atoms with Gasteiger partial charge < -0.3 is 14.0 Å². The number of ether oxygens (including phenoxy) is 1. The van der Waals surface area contributed by atoms with Crippen LogP contribution in [-0.2, 0) is 14.7 Å². The lowest BCUT2D eigenvalue weighted by molar-refractivity contribution is 0.00578. The first-order chi connectivity index (χ1) is 21.8. The van der Waals surface area contributed by atoms with Crippen molar-refractivity contribution < 1.29 is 14.0 Å². The van der Waals surface area contributed by atoms with Gasteiger partial charge in [-0.15, -0.1) is 0 Å². The number of benzene rings is 5. The summed E-state index contributed by atoms with van der Waals surface area (Å²) < 4.78 is 19.3. The summed E-state index contributed by atoms with van der Waals surface area (Å²) in [5.74, 6) is 1.76. The number of pyridine rings is 1. The Bertz CT molecular complexity index is 2110. The molecule has 0 radical (unpaired) electrons. The number of aromatic nitrogens is 1. The van der Waals surface area contributed by atoms with E-state index < -0.39 is 23.7 Å². The molecule has 9 rings (SSSR count). The third-order valence-electron chi connectivity index (χ3n) is 10.4. The van der Waals surface area contributed by atoms with Crippen molar-refractivity contribution in [1.82, 2.24) is 4.98 Å². The molecule has 0 atom stereocenters. The highest BCUT2D eigenvalue weighted by Gasteiger charge is 2.53. The predicted octanol–water partition coefficient (Wildman–Crippen LogP) is 8.67. The largest absolute Gasteiger partial charge is 0.494 e. The fourth-order valence-electron chi connectivity index (χ4n) is 7.57. The molecule has 1 spiro atoms. The quantitative estimate of drug-likeness (QED) is 0.190. The van der Waals surface area contributed by atoms with Crippen LogP contribution in [0.25, 0.3) is 33.3 Å². The van der Waals surface area contributed by atoms with Crippen molar-refractivity contribution in [1.29, 1.82) is 0 Å². The van der Waals surface area contributed by atoms with Crippen molar-refractivity contribution in [2.75, 3.05) is 0 Å². The molecule has 0 bridgehead atoms. The number of hydrogen-bond donors (Lipinski definition) is 0. The lowest BCUT2D eigenvalue weighted by Crippen LogP contribution is -2.41. The molecule has 6 aromatic rings. The molecule has 1 saturated heterocycles. The zero-order valence-electron chi connectivity index (χ0n) is 25.8. The summed E-state index contributed by atoms with van der Waals surface area (Å²) >= 11 is 0. The Morgan fingerprint density at radius 1 is 0.578 bits per heavy atom. The van der Waals surface area contributed by atoms with E-state index in [1.54, 1.807) is 0 Å². The van der Waals surface area contributed by atoms with E-state index >= 15 is 0 Å². The molecular weight excluding hydrogens is 553 g/mol. The molecule has 4 nitrogen and oxygen atoms in total. The average molecular weight is 586 g/mol. The van der Waals surface area contributed by atoms with Gasteiger partial charge in [0.1, 0.15) is 11.5 Å². The highest BCUT2D eigenvalue weighted by Crippen LogP contribution is 2.64. The summed E-state index contributed by atoms with van der Waals surface area (Å²) in [6.07, 6.45) is 0. The lowest BCUT2D eigenvalue weighted by atomic mass is 9.65. The van der Waals surface area contributed by atoms with E-state index in [1.165, 1.54) is 22.3 Å². The van der Waals surface area contributed by atoms with Crippen LogP contribution < -0.4 is 10.2 Å². The number of nitrogens with zero attached hydrogens (tertiary/aromatic N) is 1. The summed E-state index contributed by atoms with van der Waals surface area (Å²) in [5.41, 5.74) is 9.78. The molecule has 1 aliphatic carbocycles. The molecule has 3 aliphatic rings. The number of fused-ring (bicyclic) bond motifs is 11.